The van der Waals surface area contributed by atoms with Crippen LogP contribution in [0.15, 0.2) is 36.4 Å². The molecule has 0 aliphatic carbocycles. The second kappa shape index (κ2) is 6.01. The summed E-state index contributed by atoms with van der Waals surface area (Å²) in [7, 11) is 0. The second-order valence-electron chi connectivity index (χ2n) is 5.92. The fraction of sp³-hybridized carbons (Fsp3) is 0.222. The fourth-order valence-electron chi connectivity index (χ4n) is 2.85. The third-order valence-corrected chi connectivity index (χ3v) is 3.99. The second-order valence-corrected chi connectivity index (χ2v) is 5.92. The highest BCUT2D eigenvalue weighted by molar-refractivity contribution is 5.96. The summed E-state index contributed by atoms with van der Waals surface area (Å²) in [6, 6.07) is 10.8. The van der Waals surface area contributed by atoms with Gasteiger partial charge in [0.1, 0.15) is 6.54 Å². The number of rotatable bonds is 3. The molecular formula is C18H16N2O5. The minimum absolute atomic E-state index is 0.0324. The van der Waals surface area contributed by atoms with E-state index in [4.69, 9.17) is 14.2 Å². The van der Waals surface area contributed by atoms with Gasteiger partial charge in [-0.25, -0.2) is 4.79 Å². The van der Waals surface area contributed by atoms with Crippen molar-refractivity contribution in [1.29, 1.82) is 0 Å². The zero-order valence-electron chi connectivity index (χ0n) is 13.6. The van der Waals surface area contributed by atoms with E-state index in [9.17, 15) is 9.59 Å². The molecule has 0 aromatic heterocycles. The van der Waals surface area contributed by atoms with E-state index in [-0.39, 0.29) is 31.8 Å². The van der Waals surface area contributed by atoms with Crippen molar-refractivity contribution in [2.24, 2.45) is 0 Å². The van der Waals surface area contributed by atoms with Crippen molar-refractivity contribution in [3.05, 3.63) is 42.0 Å². The van der Waals surface area contributed by atoms with Crippen molar-refractivity contribution in [3.8, 4) is 17.2 Å². The maximum absolute atomic E-state index is 12.4. The molecule has 0 atom stereocenters. The van der Waals surface area contributed by atoms with E-state index in [1.807, 2.05) is 19.1 Å². The van der Waals surface area contributed by atoms with Crippen molar-refractivity contribution in [3.63, 3.8) is 0 Å². The Kier molecular flexibility index (Phi) is 3.68. The molecule has 0 fully saturated rings. The molecule has 128 valence electrons. The SMILES string of the molecule is Cc1ccc2c(c1)OC(=O)CN2CC(=O)Nc1ccc2c(c1)OCO2. The highest BCUT2D eigenvalue weighted by Gasteiger charge is 2.26. The highest BCUT2D eigenvalue weighted by Crippen LogP contribution is 2.35. The Morgan fingerprint density at radius 1 is 1.12 bits per heavy atom. The van der Waals surface area contributed by atoms with Gasteiger partial charge in [-0.05, 0) is 36.8 Å². The molecular weight excluding hydrogens is 324 g/mol. The number of esters is 1. The first-order chi connectivity index (χ1) is 12.1. The summed E-state index contributed by atoms with van der Waals surface area (Å²) in [5.74, 6) is 1.11. The molecule has 0 radical (unpaired) electrons. The lowest BCUT2D eigenvalue weighted by Crippen LogP contribution is -2.41. The lowest BCUT2D eigenvalue weighted by atomic mass is 10.1. The van der Waals surface area contributed by atoms with Crippen molar-refractivity contribution in [2.75, 3.05) is 30.1 Å². The minimum Gasteiger partial charge on any atom is -0.454 e. The smallest absolute Gasteiger partial charge is 0.331 e. The molecule has 25 heavy (non-hydrogen) atoms. The van der Waals surface area contributed by atoms with E-state index in [1.165, 1.54) is 0 Å². The Morgan fingerprint density at radius 2 is 1.96 bits per heavy atom. The largest absolute Gasteiger partial charge is 0.454 e. The highest BCUT2D eigenvalue weighted by atomic mass is 16.7. The first kappa shape index (κ1) is 15.3. The summed E-state index contributed by atoms with van der Waals surface area (Å²) in [4.78, 5) is 25.9. The molecule has 7 heteroatoms. The number of nitrogens with one attached hydrogen (secondary N) is 1. The van der Waals surface area contributed by atoms with Gasteiger partial charge < -0.3 is 24.4 Å². The number of benzene rings is 2. The summed E-state index contributed by atoms with van der Waals surface area (Å²) >= 11 is 0. The molecule has 7 nitrogen and oxygen atoms in total. The van der Waals surface area contributed by atoms with Crippen LogP contribution in [0.2, 0.25) is 0 Å². The average Bonchev–Trinajstić information content (AvgIpc) is 3.01. The van der Waals surface area contributed by atoms with Crippen LogP contribution in [0.5, 0.6) is 17.2 Å². The lowest BCUT2D eigenvalue weighted by Gasteiger charge is -2.29. The number of carbonyl (C=O) groups is 2. The minimum atomic E-state index is -0.381. The number of hydrogen-bond donors (Lipinski definition) is 1. The number of aryl methyl sites for hydroxylation is 1. The summed E-state index contributed by atoms with van der Waals surface area (Å²) in [6.45, 7) is 2.17. The number of hydrogen-bond acceptors (Lipinski definition) is 6. The summed E-state index contributed by atoms with van der Waals surface area (Å²) in [6.07, 6.45) is 0. The Hall–Kier alpha value is -3.22. The van der Waals surface area contributed by atoms with Crippen LogP contribution in [0, 0.1) is 6.92 Å². The third-order valence-electron chi connectivity index (χ3n) is 3.99. The first-order valence-corrected chi connectivity index (χ1v) is 7.84. The quantitative estimate of drug-likeness (QED) is 0.681. The molecule has 0 saturated heterocycles. The zero-order valence-corrected chi connectivity index (χ0v) is 13.6. The monoisotopic (exact) mass is 340 g/mol. The molecule has 0 saturated carbocycles. The first-order valence-electron chi connectivity index (χ1n) is 7.84. The number of amides is 1. The summed E-state index contributed by atoms with van der Waals surface area (Å²) in [5, 5.41) is 2.81. The topological polar surface area (TPSA) is 77.1 Å². The number of ether oxygens (including phenoxy) is 3. The van der Waals surface area contributed by atoms with E-state index in [2.05, 4.69) is 5.32 Å². The van der Waals surface area contributed by atoms with E-state index in [0.717, 1.165) is 11.3 Å². The standard InChI is InChI=1S/C18H16N2O5/c1-11-2-4-13-15(6-11)25-18(22)9-20(13)8-17(21)19-12-3-5-14-16(7-12)24-10-23-14/h2-7H,8-10H2,1H3,(H,19,21). The van der Waals surface area contributed by atoms with Gasteiger partial charge in [-0.15, -0.1) is 0 Å². The molecule has 2 aliphatic rings. The van der Waals surface area contributed by atoms with E-state index < -0.39 is 0 Å². The molecule has 4 rings (SSSR count). The van der Waals surface area contributed by atoms with E-state index >= 15 is 0 Å². The van der Waals surface area contributed by atoms with Crippen molar-refractivity contribution in [1.82, 2.24) is 0 Å². The van der Waals surface area contributed by atoms with Gasteiger partial charge in [-0.3, -0.25) is 4.79 Å². The van der Waals surface area contributed by atoms with Crippen LogP contribution in [-0.2, 0) is 9.59 Å². The fourth-order valence-corrected chi connectivity index (χ4v) is 2.85. The van der Waals surface area contributed by atoms with Crippen LogP contribution >= 0.6 is 0 Å². The molecule has 2 aromatic rings. The summed E-state index contributed by atoms with van der Waals surface area (Å²) < 4.78 is 15.8. The van der Waals surface area contributed by atoms with Gasteiger partial charge in [0.05, 0.1) is 12.2 Å². The maximum atomic E-state index is 12.4. The number of anilines is 2. The van der Waals surface area contributed by atoms with Crippen LogP contribution in [-0.4, -0.2) is 31.8 Å². The number of fused-ring (bicyclic) bond motifs is 2. The Labute approximate surface area is 144 Å². The van der Waals surface area contributed by atoms with Crippen LogP contribution in [0.4, 0.5) is 11.4 Å². The predicted octanol–water partition coefficient (Wildman–Crippen LogP) is 2.09. The van der Waals surface area contributed by atoms with Crippen LogP contribution in [0.1, 0.15) is 5.56 Å². The van der Waals surface area contributed by atoms with Crippen LogP contribution in [0.25, 0.3) is 0 Å². The van der Waals surface area contributed by atoms with Gasteiger partial charge in [-0.2, -0.15) is 0 Å². The van der Waals surface area contributed by atoms with E-state index in [1.54, 1.807) is 29.2 Å². The van der Waals surface area contributed by atoms with Gasteiger partial charge in [-0.1, -0.05) is 6.07 Å². The molecule has 1 N–H and O–H groups in total. The molecule has 2 heterocycles. The van der Waals surface area contributed by atoms with Gasteiger partial charge in [0, 0.05) is 11.8 Å². The normalized spacial score (nSPS) is 14.8. The van der Waals surface area contributed by atoms with Crippen LogP contribution in [0.3, 0.4) is 0 Å². The Bertz CT molecular complexity index is 865. The lowest BCUT2D eigenvalue weighted by molar-refractivity contribution is -0.133. The number of carbonyl (C=O) groups excluding carboxylic acids is 2. The zero-order chi connectivity index (χ0) is 17.4. The van der Waals surface area contributed by atoms with Gasteiger partial charge in [0.15, 0.2) is 17.2 Å². The van der Waals surface area contributed by atoms with Crippen molar-refractivity contribution >= 4 is 23.3 Å². The van der Waals surface area contributed by atoms with Crippen molar-refractivity contribution in [2.45, 2.75) is 6.92 Å². The molecule has 1 amide bonds. The Morgan fingerprint density at radius 3 is 2.84 bits per heavy atom. The molecule has 2 aromatic carbocycles. The van der Waals surface area contributed by atoms with Gasteiger partial charge in [0.25, 0.3) is 0 Å². The molecule has 0 spiro atoms. The van der Waals surface area contributed by atoms with Gasteiger partial charge in [0.2, 0.25) is 12.7 Å². The molecule has 2 aliphatic heterocycles. The molecule has 0 bridgehead atoms. The Balaban J connectivity index is 1.49. The third kappa shape index (κ3) is 3.08. The molecule has 0 unspecified atom stereocenters. The predicted molar refractivity (Wildman–Crippen MR) is 90.2 cm³/mol. The van der Waals surface area contributed by atoms with E-state index in [0.29, 0.717) is 22.9 Å². The van der Waals surface area contributed by atoms with Crippen molar-refractivity contribution < 1.29 is 23.8 Å². The maximum Gasteiger partial charge on any atom is 0.331 e. The average molecular weight is 340 g/mol. The number of nitrogens with zero attached hydrogens (tertiary/aromatic N) is 1. The van der Waals surface area contributed by atoms with Crippen LogP contribution < -0.4 is 24.4 Å². The van der Waals surface area contributed by atoms with Gasteiger partial charge >= 0.3 is 5.97 Å². The summed E-state index contributed by atoms with van der Waals surface area (Å²) in [5.41, 5.74) is 2.32.